The molecule has 1 heterocycles. The van der Waals surface area contributed by atoms with Gasteiger partial charge in [0.15, 0.2) is 5.78 Å². The zero-order chi connectivity index (χ0) is 21.7. The van der Waals surface area contributed by atoms with Crippen molar-refractivity contribution in [2.24, 2.45) is 0 Å². The Balaban J connectivity index is 1.51. The van der Waals surface area contributed by atoms with E-state index in [1.165, 1.54) is 18.7 Å². The largest absolute Gasteiger partial charge is 0.326 e. The first-order chi connectivity index (χ1) is 14.3. The minimum Gasteiger partial charge on any atom is -0.326 e. The fourth-order valence-electron chi connectivity index (χ4n) is 2.92. The fourth-order valence-corrected chi connectivity index (χ4v) is 4.22. The van der Waals surface area contributed by atoms with E-state index in [1.807, 2.05) is 37.3 Å². The van der Waals surface area contributed by atoms with E-state index in [2.05, 4.69) is 5.32 Å². The molecule has 1 fully saturated rings. The zero-order valence-corrected chi connectivity index (χ0v) is 18.4. The van der Waals surface area contributed by atoms with Gasteiger partial charge < -0.3 is 5.32 Å². The van der Waals surface area contributed by atoms with E-state index in [0.717, 1.165) is 11.1 Å². The molecule has 0 radical (unpaired) electrons. The Kier molecular flexibility index (Phi) is 7.18. The van der Waals surface area contributed by atoms with Crippen molar-refractivity contribution in [3.8, 4) is 0 Å². The molecule has 30 heavy (non-hydrogen) atoms. The number of nitrogens with one attached hydrogen (secondary N) is 1. The Morgan fingerprint density at radius 1 is 1.10 bits per heavy atom. The molecule has 154 valence electrons. The van der Waals surface area contributed by atoms with Gasteiger partial charge in [0.1, 0.15) is 4.32 Å². The van der Waals surface area contributed by atoms with Crippen molar-refractivity contribution in [2.75, 3.05) is 11.9 Å². The summed E-state index contributed by atoms with van der Waals surface area (Å²) in [6, 6.07) is 14.7. The number of amides is 2. The lowest BCUT2D eigenvalue weighted by Crippen LogP contribution is -2.29. The van der Waals surface area contributed by atoms with E-state index < -0.39 is 0 Å². The number of benzene rings is 2. The number of thiocarbonyl (C=S) groups is 1. The van der Waals surface area contributed by atoms with Gasteiger partial charge in [-0.3, -0.25) is 19.3 Å². The molecule has 1 aliphatic rings. The Hall–Kier alpha value is -2.77. The minimum absolute atomic E-state index is 0.0206. The van der Waals surface area contributed by atoms with Gasteiger partial charge >= 0.3 is 0 Å². The number of aryl methyl sites for hydroxylation is 1. The van der Waals surface area contributed by atoms with Gasteiger partial charge in [-0.2, -0.15) is 0 Å². The second-order valence-corrected chi connectivity index (χ2v) is 8.71. The third-order valence-corrected chi connectivity index (χ3v) is 5.99. The van der Waals surface area contributed by atoms with Crippen molar-refractivity contribution in [3.63, 3.8) is 0 Å². The quantitative estimate of drug-likeness (QED) is 0.381. The van der Waals surface area contributed by atoms with E-state index in [0.29, 0.717) is 33.4 Å². The van der Waals surface area contributed by atoms with Crippen LogP contribution < -0.4 is 5.32 Å². The molecular formula is C23H22N2O3S2. The highest BCUT2D eigenvalue weighted by Gasteiger charge is 2.31. The number of Topliss-reactive ketones (excluding diaryl/α,β-unsaturated/α-hetero) is 1. The van der Waals surface area contributed by atoms with E-state index in [1.54, 1.807) is 29.2 Å². The number of nitrogens with zero attached hydrogens (tertiary/aromatic N) is 1. The number of ketones is 1. The lowest BCUT2D eigenvalue weighted by molar-refractivity contribution is -0.122. The molecule has 0 unspecified atom stereocenters. The summed E-state index contributed by atoms with van der Waals surface area (Å²) in [5, 5.41) is 2.80. The average Bonchev–Trinajstić information content (AvgIpc) is 2.97. The molecule has 2 amide bonds. The summed E-state index contributed by atoms with van der Waals surface area (Å²) in [5.41, 5.74) is 3.35. The van der Waals surface area contributed by atoms with Crippen LogP contribution in [0.15, 0.2) is 53.4 Å². The average molecular weight is 439 g/mol. The van der Waals surface area contributed by atoms with Gasteiger partial charge in [-0.05, 0) is 56.2 Å². The Labute approximate surface area is 185 Å². The summed E-state index contributed by atoms with van der Waals surface area (Å²) in [5.74, 6) is -0.287. The highest BCUT2D eigenvalue weighted by molar-refractivity contribution is 8.26. The van der Waals surface area contributed by atoms with Gasteiger partial charge in [0.25, 0.3) is 5.91 Å². The summed E-state index contributed by atoms with van der Waals surface area (Å²) < 4.78 is 0.513. The first-order valence-electron chi connectivity index (χ1n) is 9.56. The molecule has 2 aromatic rings. The maximum atomic E-state index is 12.7. The van der Waals surface area contributed by atoms with Crippen LogP contribution >= 0.6 is 24.0 Å². The molecule has 1 N–H and O–H groups in total. The van der Waals surface area contributed by atoms with Crippen LogP contribution in [0.2, 0.25) is 0 Å². The SMILES string of the molecule is CC(=O)c1ccc(NC(=O)CCCN2C(=O)C(=Cc3ccc(C)cc3)SC2=S)cc1. The van der Waals surface area contributed by atoms with Crippen LogP contribution in [0.4, 0.5) is 5.69 Å². The normalized spacial score (nSPS) is 15.0. The first kappa shape index (κ1) is 21.9. The van der Waals surface area contributed by atoms with Gasteiger partial charge in [-0.15, -0.1) is 0 Å². The number of carbonyl (C=O) groups is 3. The molecule has 3 rings (SSSR count). The van der Waals surface area contributed by atoms with Crippen molar-refractivity contribution >= 4 is 57.7 Å². The lowest BCUT2D eigenvalue weighted by Gasteiger charge is -2.14. The standard InChI is InChI=1S/C23H22N2O3S2/c1-15-5-7-17(8-6-15)14-20-22(28)25(23(29)30-20)13-3-4-21(27)24-19-11-9-18(10-12-19)16(2)26/h5-12,14H,3-4,13H2,1-2H3,(H,24,27). The van der Waals surface area contributed by atoms with Crippen molar-refractivity contribution in [1.29, 1.82) is 0 Å². The van der Waals surface area contributed by atoms with Crippen molar-refractivity contribution in [1.82, 2.24) is 4.90 Å². The summed E-state index contributed by atoms with van der Waals surface area (Å²) in [4.78, 5) is 38.3. The fraction of sp³-hybridized carbons (Fsp3) is 0.217. The molecule has 0 aliphatic carbocycles. The van der Waals surface area contributed by atoms with Gasteiger partial charge in [0.2, 0.25) is 5.91 Å². The molecule has 1 aliphatic heterocycles. The van der Waals surface area contributed by atoms with Gasteiger partial charge in [0.05, 0.1) is 4.91 Å². The highest BCUT2D eigenvalue weighted by Crippen LogP contribution is 2.32. The van der Waals surface area contributed by atoms with Gasteiger partial charge in [0, 0.05) is 24.2 Å². The van der Waals surface area contributed by atoms with Gasteiger partial charge in [-0.1, -0.05) is 53.8 Å². The summed E-state index contributed by atoms with van der Waals surface area (Å²) in [6.45, 7) is 3.91. The second-order valence-electron chi connectivity index (χ2n) is 7.03. The van der Waals surface area contributed by atoms with Crippen LogP contribution in [0, 0.1) is 6.92 Å². The van der Waals surface area contributed by atoms with E-state index in [-0.39, 0.29) is 24.0 Å². The Morgan fingerprint density at radius 2 is 1.77 bits per heavy atom. The summed E-state index contributed by atoms with van der Waals surface area (Å²) >= 11 is 6.63. The predicted molar refractivity (Wildman–Crippen MR) is 125 cm³/mol. The van der Waals surface area contributed by atoms with Crippen LogP contribution in [0.3, 0.4) is 0 Å². The number of rotatable bonds is 7. The summed E-state index contributed by atoms with van der Waals surface area (Å²) in [7, 11) is 0. The van der Waals surface area contributed by atoms with Crippen LogP contribution in [-0.2, 0) is 9.59 Å². The van der Waals surface area contributed by atoms with Crippen LogP contribution in [0.25, 0.3) is 6.08 Å². The monoisotopic (exact) mass is 438 g/mol. The minimum atomic E-state index is -0.147. The van der Waals surface area contributed by atoms with E-state index >= 15 is 0 Å². The molecule has 0 atom stereocenters. The number of carbonyl (C=O) groups excluding carboxylic acids is 3. The molecule has 0 bridgehead atoms. The van der Waals surface area contributed by atoms with E-state index in [9.17, 15) is 14.4 Å². The number of hydrogen-bond donors (Lipinski definition) is 1. The lowest BCUT2D eigenvalue weighted by atomic mass is 10.1. The first-order valence-corrected chi connectivity index (χ1v) is 10.8. The maximum absolute atomic E-state index is 12.7. The van der Waals surface area contributed by atoms with E-state index in [4.69, 9.17) is 12.2 Å². The second kappa shape index (κ2) is 9.82. The molecule has 0 aromatic heterocycles. The third-order valence-electron chi connectivity index (χ3n) is 4.61. The number of hydrogen-bond acceptors (Lipinski definition) is 5. The predicted octanol–water partition coefficient (Wildman–Crippen LogP) is 4.82. The zero-order valence-electron chi connectivity index (χ0n) is 16.8. The molecule has 2 aromatic carbocycles. The smallest absolute Gasteiger partial charge is 0.266 e. The number of thioether (sulfide) groups is 1. The van der Waals surface area contributed by atoms with Crippen molar-refractivity contribution in [2.45, 2.75) is 26.7 Å². The molecule has 0 spiro atoms. The van der Waals surface area contributed by atoms with Crippen molar-refractivity contribution < 1.29 is 14.4 Å². The molecule has 5 nitrogen and oxygen atoms in total. The molecular weight excluding hydrogens is 416 g/mol. The van der Waals surface area contributed by atoms with Gasteiger partial charge in [-0.25, -0.2) is 0 Å². The summed E-state index contributed by atoms with van der Waals surface area (Å²) in [6.07, 6.45) is 2.61. The van der Waals surface area contributed by atoms with Crippen LogP contribution in [0.1, 0.15) is 41.3 Å². The Bertz CT molecular complexity index is 1010. The van der Waals surface area contributed by atoms with Crippen LogP contribution in [0.5, 0.6) is 0 Å². The van der Waals surface area contributed by atoms with Crippen molar-refractivity contribution in [3.05, 3.63) is 70.1 Å². The van der Waals surface area contributed by atoms with Crippen LogP contribution in [-0.4, -0.2) is 33.4 Å². The third kappa shape index (κ3) is 5.64. The molecule has 0 saturated carbocycles. The number of anilines is 1. The maximum Gasteiger partial charge on any atom is 0.266 e. The molecule has 7 heteroatoms. The topological polar surface area (TPSA) is 66.5 Å². The Morgan fingerprint density at radius 3 is 2.40 bits per heavy atom. The molecule has 1 saturated heterocycles. The highest BCUT2D eigenvalue weighted by atomic mass is 32.2.